The molecule has 9 heavy (non-hydrogen) atoms. The number of rotatable bonds is 0. The van der Waals surface area contributed by atoms with Crippen molar-refractivity contribution in [3.05, 3.63) is 11.1 Å². The zero-order valence-corrected chi connectivity index (χ0v) is 5.85. The monoisotopic (exact) mass is 141 g/mol. The van der Waals surface area contributed by atoms with Gasteiger partial charge in [0.05, 0.1) is 0 Å². The Morgan fingerprint density at radius 1 is 2.00 bits per heavy atom. The van der Waals surface area contributed by atoms with Crippen LogP contribution in [0.25, 0.3) is 0 Å². The average molecular weight is 141 g/mol. The molecule has 0 aromatic rings. The first-order valence-corrected chi connectivity index (χ1v) is 3.44. The summed E-state index contributed by atoms with van der Waals surface area (Å²) in [7, 11) is 1.81. The third kappa shape index (κ3) is 1.02. The van der Waals surface area contributed by atoms with Crippen LogP contribution < -0.4 is 5.73 Å². The minimum absolute atomic E-state index is 0.0698. The van der Waals surface area contributed by atoms with Crippen molar-refractivity contribution in [1.29, 1.82) is 5.26 Å². The number of hydrogen-bond donors (Lipinski definition) is 1. The Kier molecular flexibility index (Phi) is 1.65. The Balaban J connectivity index is 2.69. The third-order valence-electron chi connectivity index (χ3n) is 1.20. The number of thioether (sulfide) groups is 1. The Morgan fingerprint density at radius 3 is 2.89 bits per heavy atom. The summed E-state index contributed by atoms with van der Waals surface area (Å²) in [5.41, 5.74) is 6.11. The average Bonchev–Trinajstić information content (AvgIpc) is 2.15. The van der Waals surface area contributed by atoms with Gasteiger partial charge >= 0.3 is 0 Å². The molecule has 0 aliphatic carbocycles. The molecule has 2 N–H and O–H groups in total. The lowest BCUT2D eigenvalue weighted by atomic mass is 10.5. The van der Waals surface area contributed by atoms with Gasteiger partial charge in [-0.1, -0.05) is 11.8 Å². The summed E-state index contributed by atoms with van der Waals surface area (Å²) in [4.78, 5) is 1.74. The lowest BCUT2D eigenvalue weighted by Crippen LogP contribution is -2.31. The largest absolute Gasteiger partial charge is 0.341 e. The van der Waals surface area contributed by atoms with Crippen molar-refractivity contribution in [1.82, 2.24) is 4.90 Å². The van der Waals surface area contributed by atoms with Crippen LogP contribution in [0.1, 0.15) is 0 Å². The summed E-state index contributed by atoms with van der Waals surface area (Å²) in [6.45, 7) is 0. The summed E-state index contributed by atoms with van der Waals surface area (Å²) in [6, 6.07) is 2.03. The molecular formula is C5H7N3S. The van der Waals surface area contributed by atoms with Crippen LogP contribution in [0.5, 0.6) is 0 Å². The van der Waals surface area contributed by atoms with E-state index in [-0.39, 0.29) is 5.50 Å². The van der Waals surface area contributed by atoms with Gasteiger partial charge < -0.3 is 10.6 Å². The van der Waals surface area contributed by atoms with Gasteiger partial charge in [0.2, 0.25) is 0 Å². The van der Waals surface area contributed by atoms with Crippen LogP contribution in [-0.4, -0.2) is 17.4 Å². The Labute approximate surface area is 58.1 Å². The van der Waals surface area contributed by atoms with E-state index in [1.807, 2.05) is 6.07 Å². The molecule has 3 nitrogen and oxygen atoms in total. The molecule has 0 fully saturated rings. The minimum atomic E-state index is -0.0698. The van der Waals surface area contributed by atoms with Gasteiger partial charge in [-0.05, 0) is 0 Å². The lowest BCUT2D eigenvalue weighted by molar-refractivity contribution is 0.424. The van der Waals surface area contributed by atoms with Gasteiger partial charge in [0.15, 0.2) is 0 Å². The second-order valence-electron chi connectivity index (χ2n) is 1.75. The Bertz CT molecular complexity index is 181. The highest BCUT2D eigenvalue weighted by Crippen LogP contribution is 2.24. The van der Waals surface area contributed by atoms with Crippen LogP contribution in [0.4, 0.5) is 0 Å². The van der Waals surface area contributed by atoms with Crippen LogP contribution in [0.2, 0.25) is 0 Å². The molecule has 0 aromatic carbocycles. The van der Waals surface area contributed by atoms with Crippen molar-refractivity contribution in [3.8, 4) is 6.07 Å². The highest BCUT2D eigenvalue weighted by Gasteiger charge is 2.18. The molecule has 0 amide bonds. The molecule has 0 saturated carbocycles. The van der Waals surface area contributed by atoms with E-state index < -0.39 is 0 Å². The summed E-state index contributed by atoms with van der Waals surface area (Å²) < 4.78 is 0. The SMILES string of the molecule is CN1C(C#N)=CSC1N. The van der Waals surface area contributed by atoms with E-state index >= 15 is 0 Å². The van der Waals surface area contributed by atoms with Gasteiger partial charge in [0.25, 0.3) is 0 Å². The molecule has 1 atom stereocenters. The zero-order chi connectivity index (χ0) is 6.85. The highest BCUT2D eigenvalue weighted by molar-refractivity contribution is 8.02. The molecule has 1 aliphatic rings. The predicted molar refractivity (Wildman–Crippen MR) is 37.0 cm³/mol. The van der Waals surface area contributed by atoms with Crippen molar-refractivity contribution in [2.75, 3.05) is 7.05 Å². The molecule has 1 rings (SSSR count). The quantitative estimate of drug-likeness (QED) is 0.526. The maximum Gasteiger partial charge on any atom is 0.130 e. The molecule has 0 aromatic heterocycles. The third-order valence-corrected chi connectivity index (χ3v) is 2.15. The van der Waals surface area contributed by atoms with E-state index in [1.54, 1.807) is 17.4 Å². The molecule has 0 spiro atoms. The van der Waals surface area contributed by atoms with Crippen molar-refractivity contribution >= 4 is 11.8 Å². The van der Waals surface area contributed by atoms with Crippen LogP contribution >= 0.6 is 11.8 Å². The first-order chi connectivity index (χ1) is 4.25. The summed E-state index contributed by atoms with van der Waals surface area (Å²) in [6.07, 6.45) is 0. The van der Waals surface area contributed by atoms with E-state index in [2.05, 4.69) is 0 Å². The van der Waals surface area contributed by atoms with Gasteiger partial charge in [-0.25, -0.2) is 0 Å². The van der Waals surface area contributed by atoms with Crippen molar-refractivity contribution in [2.24, 2.45) is 5.73 Å². The fourth-order valence-corrected chi connectivity index (χ4v) is 1.33. The zero-order valence-electron chi connectivity index (χ0n) is 5.03. The van der Waals surface area contributed by atoms with E-state index in [4.69, 9.17) is 11.0 Å². The first-order valence-electron chi connectivity index (χ1n) is 2.50. The topological polar surface area (TPSA) is 53.0 Å². The molecule has 1 aliphatic heterocycles. The van der Waals surface area contributed by atoms with Gasteiger partial charge in [-0.2, -0.15) is 5.26 Å². The second-order valence-corrected chi connectivity index (χ2v) is 2.74. The number of nitriles is 1. The molecule has 0 saturated heterocycles. The molecule has 0 bridgehead atoms. The van der Waals surface area contributed by atoms with E-state index in [1.165, 1.54) is 11.8 Å². The van der Waals surface area contributed by atoms with Gasteiger partial charge in [-0.15, -0.1) is 0 Å². The number of allylic oxidation sites excluding steroid dienone is 1. The van der Waals surface area contributed by atoms with Crippen LogP contribution in [0.3, 0.4) is 0 Å². The fraction of sp³-hybridized carbons (Fsp3) is 0.400. The first kappa shape index (κ1) is 6.46. The summed E-state index contributed by atoms with van der Waals surface area (Å²) in [5, 5.41) is 10.2. The molecule has 0 radical (unpaired) electrons. The van der Waals surface area contributed by atoms with Crippen LogP contribution in [0, 0.1) is 11.3 Å². The molecular weight excluding hydrogens is 134 g/mol. The maximum absolute atomic E-state index is 8.43. The summed E-state index contributed by atoms with van der Waals surface area (Å²) in [5.74, 6) is 0. The molecule has 4 heteroatoms. The van der Waals surface area contributed by atoms with Gasteiger partial charge in [0.1, 0.15) is 17.3 Å². The van der Waals surface area contributed by atoms with Crippen molar-refractivity contribution in [2.45, 2.75) is 5.50 Å². The predicted octanol–water partition coefficient (Wildman–Crippen LogP) is 0.272. The number of nitrogens with zero attached hydrogens (tertiary/aromatic N) is 2. The molecule has 1 heterocycles. The van der Waals surface area contributed by atoms with E-state index in [0.717, 1.165) is 0 Å². The normalized spacial score (nSPS) is 25.7. The highest BCUT2D eigenvalue weighted by atomic mass is 32.2. The van der Waals surface area contributed by atoms with E-state index in [0.29, 0.717) is 5.70 Å². The number of hydrogen-bond acceptors (Lipinski definition) is 4. The Hall–Kier alpha value is -0.660. The van der Waals surface area contributed by atoms with Crippen molar-refractivity contribution < 1.29 is 0 Å². The van der Waals surface area contributed by atoms with Crippen LogP contribution in [-0.2, 0) is 0 Å². The standard InChI is InChI=1S/C5H7N3S/c1-8-4(2-6)3-9-5(8)7/h3,5H,7H2,1H3. The minimum Gasteiger partial charge on any atom is -0.341 e. The molecule has 48 valence electrons. The smallest absolute Gasteiger partial charge is 0.130 e. The maximum atomic E-state index is 8.43. The van der Waals surface area contributed by atoms with Crippen molar-refractivity contribution in [3.63, 3.8) is 0 Å². The summed E-state index contributed by atoms with van der Waals surface area (Å²) >= 11 is 1.46. The lowest BCUT2D eigenvalue weighted by Gasteiger charge is -2.15. The molecule has 1 unspecified atom stereocenters. The Morgan fingerprint density at radius 2 is 2.67 bits per heavy atom. The van der Waals surface area contributed by atoms with Gasteiger partial charge in [0, 0.05) is 12.5 Å². The van der Waals surface area contributed by atoms with Crippen LogP contribution in [0.15, 0.2) is 11.1 Å². The fourth-order valence-electron chi connectivity index (χ4n) is 0.551. The second kappa shape index (κ2) is 2.29. The van der Waals surface area contributed by atoms with Gasteiger partial charge in [-0.3, -0.25) is 0 Å². The van der Waals surface area contributed by atoms with E-state index in [9.17, 15) is 0 Å². The number of nitrogens with two attached hydrogens (primary N) is 1.